The summed E-state index contributed by atoms with van der Waals surface area (Å²) in [6.07, 6.45) is 3.39. The summed E-state index contributed by atoms with van der Waals surface area (Å²) in [7, 11) is -3.74. The van der Waals surface area contributed by atoms with E-state index in [1.165, 1.54) is 16.8 Å². The van der Waals surface area contributed by atoms with Gasteiger partial charge in [-0.15, -0.1) is 5.10 Å². The fourth-order valence-corrected chi connectivity index (χ4v) is 3.77. The van der Waals surface area contributed by atoms with Crippen LogP contribution in [-0.4, -0.2) is 71.0 Å². The summed E-state index contributed by atoms with van der Waals surface area (Å²) >= 11 is 0. The van der Waals surface area contributed by atoms with Gasteiger partial charge in [-0.05, 0) is 30.8 Å². The van der Waals surface area contributed by atoms with E-state index in [-0.39, 0.29) is 11.5 Å². The molecule has 0 bridgehead atoms. The third-order valence-corrected chi connectivity index (χ3v) is 5.99. The summed E-state index contributed by atoms with van der Waals surface area (Å²) in [6.45, 7) is 7.16. The Morgan fingerprint density at radius 2 is 1.84 bits per heavy atom. The van der Waals surface area contributed by atoms with Crippen molar-refractivity contribution < 1.29 is 13.2 Å². The minimum absolute atomic E-state index is 0.0376. The van der Waals surface area contributed by atoms with Crippen LogP contribution in [0.25, 0.3) is 5.69 Å². The van der Waals surface area contributed by atoms with E-state index in [1.54, 1.807) is 30.6 Å². The summed E-state index contributed by atoms with van der Waals surface area (Å²) in [4.78, 5) is 13.5. The zero-order valence-electron chi connectivity index (χ0n) is 17.1. The highest BCUT2D eigenvalue weighted by atomic mass is 32.2. The van der Waals surface area contributed by atoms with Crippen LogP contribution in [0.5, 0.6) is 5.88 Å². The molecule has 3 heterocycles. The molecule has 2 aromatic heterocycles. The van der Waals surface area contributed by atoms with E-state index in [2.05, 4.69) is 37.0 Å². The van der Waals surface area contributed by atoms with Crippen molar-refractivity contribution in [3.05, 3.63) is 48.4 Å². The predicted molar refractivity (Wildman–Crippen MR) is 113 cm³/mol. The van der Waals surface area contributed by atoms with Crippen LogP contribution in [0.3, 0.4) is 0 Å². The predicted octanol–water partition coefficient (Wildman–Crippen LogP) is 0.426. The van der Waals surface area contributed by atoms with Gasteiger partial charge in [0.05, 0.1) is 16.8 Å². The summed E-state index contributed by atoms with van der Waals surface area (Å²) in [5.41, 5.74) is 1.26. The van der Waals surface area contributed by atoms with E-state index >= 15 is 0 Å². The second-order valence-electron chi connectivity index (χ2n) is 7.10. The molecule has 12 heteroatoms. The molecule has 11 nitrogen and oxygen atoms in total. The number of rotatable bonds is 7. The Labute approximate surface area is 180 Å². The van der Waals surface area contributed by atoms with Crippen LogP contribution < -0.4 is 14.8 Å². The molecule has 164 valence electrons. The molecule has 1 fully saturated rings. The molecule has 1 aromatic carbocycles. The van der Waals surface area contributed by atoms with Crippen molar-refractivity contribution in [1.82, 2.24) is 29.9 Å². The van der Waals surface area contributed by atoms with Gasteiger partial charge in [0.25, 0.3) is 0 Å². The number of piperazine rings is 1. The molecule has 0 radical (unpaired) electrons. The summed E-state index contributed by atoms with van der Waals surface area (Å²) in [6, 6.07) is 7.76. The zero-order valence-corrected chi connectivity index (χ0v) is 17.9. The minimum Gasteiger partial charge on any atom is -0.471 e. The molecule has 1 aliphatic heterocycles. The molecule has 0 spiro atoms. The number of anilines is 1. The van der Waals surface area contributed by atoms with E-state index in [1.807, 2.05) is 0 Å². The topological polar surface area (TPSA) is 132 Å². The first-order valence-corrected chi connectivity index (χ1v) is 11.4. The highest BCUT2D eigenvalue weighted by Gasteiger charge is 2.18. The Kier molecular flexibility index (Phi) is 6.11. The van der Waals surface area contributed by atoms with Crippen LogP contribution in [0, 0.1) is 0 Å². The number of sulfonamides is 1. The minimum atomic E-state index is -3.74. The molecule has 1 aliphatic rings. The second-order valence-corrected chi connectivity index (χ2v) is 8.66. The Hall–Kier alpha value is -3.09. The first-order valence-electron chi connectivity index (χ1n) is 9.90. The van der Waals surface area contributed by atoms with Crippen molar-refractivity contribution in [3.8, 4) is 11.6 Å². The summed E-state index contributed by atoms with van der Waals surface area (Å²) in [5, 5.41) is 13.3. The molecule has 0 atom stereocenters. The molecular weight excluding hydrogens is 420 g/mol. The van der Waals surface area contributed by atoms with Gasteiger partial charge < -0.3 is 14.5 Å². The van der Waals surface area contributed by atoms with Gasteiger partial charge in [-0.1, -0.05) is 12.1 Å². The van der Waals surface area contributed by atoms with Gasteiger partial charge in [0, 0.05) is 38.4 Å². The fraction of sp³-hybridized carbons (Fsp3) is 0.368. The van der Waals surface area contributed by atoms with Crippen LogP contribution in [0.2, 0.25) is 0 Å². The van der Waals surface area contributed by atoms with Crippen LogP contribution in [0.15, 0.2) is 47.6 Å². The quantitative estimate of drug-likeness (QED) is 0.551. The Bertz CT molecular complexity index is 1130. The number of hydrogen-bond donors (Lipinski definition) is 1. The van der Waals surface area contributed by atoms with Gasteiger partial charge in [-0.3, -0.25) is 0 Å². The molecule has 4 rings (SSSR count). The van der Waals surface area contributed by atoms with Gasteiger partial charge in [-0.2, -0.15) is 4.98 Å². The number of nitrogens with zero attached hydrogens (tertiary/aromatic N) is 7. The van der Waals surface area contributed by atoms with E-state index in [9.17, 15) is 8.42 Å². The molecule has 1 saturated heterocycles. The van der Waals surface area contributed by atoms with E-state index < -0.39 is 10.0 Å². The maximum Gasteiger partial charge on any atom is 0.238 e. The summed E-state index contributed by atoms with van der Waals surface area (Å²) < 4.78 is 30.0. The smallest absolute Gasteiger partial charge is 0.238 e. The number of aromatic nitrogens is 5. The van der Waals surface area contributed by atoms with E-state index in [0.717, 1.165) is 32.7 Å². The molecule has 0 aliphatic carbocycles. The standard InChI is InChI=1S/C19H24N8O3S/c1-2-25-9-11-26(12-10-25)19-21-8-7-18(22-19)30-14-15-13-27(24-23-15)16-3-5-17(6-4-16)31(20,28)29/h3-8,13H,2,9-12,14H2,1H3,(H2,20,28,29). The maximum atomic E-state index is 11.4. The Morgan fingerprint density at radius 3 is 2.52 bits per heavy atom. The largest absolute Gasteiger partial charge is 0.471 e. The zero-order chi connectivity index (χ0) is 21.8. The van der Waals surface area contributed by atoms with Gasteiger partial charge in [0.1, 0.15) is 12.3 Å². The van der Waals surface area contributed by atoms with Crippen molar-refractivity contribution in [2.24, 2.45) is 5.14 Å². The first-order chi connectivity index (χ1) is 14.9. The number of nitrogens with two attached hydrogens (primary N) is 1. The van der Waals surface area contributed by atoms with Crippen molar-refractivity contribution in [2.45, 2.75) is 18.4 Å². The van der Waals surface area contributed by atoms with Crippen molar-refractivity contribution >= 4 is 16.0 Å². The molecule has 2 N–H and O–H groups in total. The molecule has 31 heavy (non-hydrogen) atoms. The number of primary sulfonamides is 1. The number of hydrogen-bond acceptors (Lipinski definition) is 9. The van der Waals surface area contributed by atoms with Crippen LogP contribution in [-0.2, 0) is 16.6 Å². The van der Waals surface area contributed by atoms with Gasteiger partial charge >= 0.3 is 0 Å². The monoisotopic (exact) mass is 444 g/mol. The molecule has 0 amide bonds. The third kappa shape index (κ3) is 5.16. The highest BCUT2D eigenvalue weighted by Crippen LogP contribution is 2.16. The van der Waals surface area contributed by atoms with Crippen molar-refractivity contribution in [1.29, 1.82) is 0 Å². The lowest BCUT2D eigenvalue weighted by atomic mass is 10.3. The average molecular weight is 445 g/mol. The van der Waals surface area contributed by atoms with Crippen LogP contribution >= 0.6 is 0 Å². The lowest BCUT2D eigenvalue weighted by molar-refractivity contribution is 0.267. The second kappa shape index (κ2) is 8.96. The normalized spacial score (nSPS) is 15.2. The van der Waals surface area contributed by atoms with Gasteiger partial charge in [0.15, 0.2) is 0 Å². The van der Waals surface area contributed by atoms with Crippen LogP contribution in [0.4, 0.5) is 5.95 Å². The molecule has 0 unspecified atom stereocenters. The number of ether oxygens (including phenoxy) is 1. The molecule has 0 saturated carbocycles. The lowest BCUT2D eigenvalue weighted by Crippen LogP contribution is -2.46. The summed E-state index contributed by atoms with van der Waals surface area (Å²) in [5.74, 6) is 1.13. The van der Waals surface area contributed by atoms with Crippen molar-refractivity contribution in [3.63, 3.8) is 0 Å². The van der Waals surface area contributed by atoms with Crippen molar-refractivity contribution in [2.75, 3.05) is 37.6 Å². The number of likely N-dealkylation sites (N-methyl/N-ethyl adjacent to an activating group) is 1. The molecule has 3 aromatic rings. The number of benzene rings is 1. The van der Waals surface area contributed by atoms with Crippen LogP contribution in [0.1, 0.15) is 12.6 Å². The average Bonchev–Trinajstić information content (AvgIpc) is 3.27. The fourth-order valence-electron chi connectivity index (χ4n) is 3.26. The lowest BCUT2D eigenvalue weighted by Gasteiger charge is -2.33. The Balaban J connectivity index is 1.38. The third-order valence-electron chi connectivity index (χ3n) is 5.06. The maximum absolute atomic E-state index is 11.4. The first kappa shape index (κ1) is 21.2. The van der Waals surface area contributed by atoms with Gasteiger partial charge in [0.2, 0.25) is 21.9 Å². The van der Waals surface area contributed by atoms with Gasteiger partial charge in [-0.25, -0.2) is 23.2 Å². The van der Waals surface area contributed by atoms with E-state index in [4.69, 9.17) is 9.88 Å². The highest BCUT2D eigenvalue weighted by molar-refractivity contribution is 7.89. The van der Waals surface area contributed by atoms with E-state index in [0.29, 0.717) is 23.2 Å². The SMILES string of the molecule is CCN1CCN(c2nccc(OCc3cn(-c4ccc(S(N)(=O)=O)cc4)nn3)n2)CC1. The Morgan fingerprint density at radius 1 is 1.10 bits per heavy atom. The molecular formula is C19H24N8O3S.